The van der Waals surface area contributed by atoms with Gasteiger partial charge in [-0.1, -0.05) is 24.3 Å². The highest BCUT2D eigenvalue weighted by molar-refractivity contribution is 5.27. The van der Waals surface area contributed by atoms with Crippen LogP contribution in [-0.2, 0) is 12.8 Å². The predicted octanol–water partition coefficient (Wildman–Crippen LogP) is 1.81. The molecule has 1 aliphatic heterocycles. The summed E-state index contributed by atoms with van der Waals surface area (Å²) in [6.45, 7) is 1.87. The number of piperazine rings is 1. The van der Waals surface area contributed by atoms with Crippen LogP contribution in [0.25, 0.3) is 0 Å². The highest BCUT2D eigenvalue weighted by Gasteiger charge is 2.20. The molecule has 2 aromatic carbocycles. The third kappa shape index (κ3) is 4.00. The molecule has 3 rings (SSSR count). The Kier molecular flexibility index (Phi) is 4.61. The maximum absolute atomic E-state index is 9.31. The Hall–Kier alpha value is -2.04. The fraction of sp³-hybridized carbons (Fsp3) is 0.333. The highest BCUT2D eigenvalue weighted by atomic mass is 16.3. The molecule has 1 heterocycles. The fourth-order valence-electron chi connectivity index (χ4n) is 2.88. The molecule has 0 aromatic heterocycles. The van der Waals surface area contributed by atoms with Gasteiger partial charge in [-0.15, -0.1) is 0 Å². The quantitative estimate of drug-likeness (QED) is 0.695. The fourth-order valence-corrected chi connectivity index (χ4v) is 2.88. The van der Waals surface area contributed by atoms with Gasteiger partial charge in [-0.05, 0) is 48.2 Å². The second kappa shape index (κ2) is 6.81. The lowest BCUT2D eigenvalue weighted by Gasteiger charge is -2.31. The van der Waals surface area contributed by atoms with Crippen LogP contribution in [0.5, 0.6) is 11.5 Å². The Morgan fingerprint density at radius 3 is 1.36 bits per heavy atom. The van der Waals surface area contributed by atoms with Gasteiger partial charge in [0.2, 0.25) is 0 Å². The number of nitrogens with one attached hydrogen (secondary N) is 2. The van der Waals surface area contributed by atoms with Crippen molar-refractivity contribution in [1.29, 1.82) is 0 Å². The molecular weight excluding hydrogens is 276 g/mol. The summed E-state index contributed by atoms with van der Waals surface area (Å²) in [6, 6.07) is 15.7. The van der Waals surface area contributed by atoms with Crippen molar-refractivity contribution in [3.63, 3.8) is 0 Å². The summed E-state index contributed by atoms with van der Waals surface area (Å²) in [5.41, 5.74) is 2.46. The molecule has 0 aliphatic carbocycles. The topological polar surface area (TPSA) is 64.5 Å². The Morgan fingerprint density at radius 1 is 0.682 bits per heavy atom. The van der Waals surface area contributed by atoms with E-state index in [-0.39, 0.29) is 0 Å². The molecule has 4 heteroatoms. The maximum atomic E-state index is 9.31. The Bertz CT molecular complexity index is 532. The summed E-state index contributed by atoms with van der Waals surface area (Å²) in [5, 5.41) is 25.8. The molecule has 4 nitrogen and oxygen atoms in total. The summed E-state index contributed by atoms with van der Waals surface area (Å²) >= 11 is 0. The molecule has 1 saturated heterocycles. The third-order valence-electron chi connectivity index (χ3n) is 4.14. The monoisotopic (exact) mass is 298 g/mol. The van der Waals surface area contributed by atoms with E-state index in [1.54, 1.807) is 24.3 Å². The molecule has 4 N–H and O–H groups in total. The number of rotatable bonds is 4. The Balaban J connectivity index is 1.47. The average molecular weight is 298 g/mol. The van der Waals surface area contributed by atoms with E-state index in [0.717, 1.165) is 25.9 Å². The van der Waals surface area contributed by atoms with Gasteiger partial charge in [0, 0.05) is 25.2 Å². The first-order valence-electron chi connectivity index (χ1n) is 7.71. The summed E-state index contributed by atoms with van der Waals surface area (Å²) in [5.74, 6) is 0.625. The highest BCUT2D eigenvalue weighted by Crippen LogP contribution is 2.14. The van der Waals surface area contributed by atoms with Gasteiger partial charge < -0.3 is 20.8 Å². The molecule has 0 radical (unpaired) electrons. The zero-order chi connectivity index (χ0) is 15.4. The lowest BCUT2D eigenvalue weighted by atomic mass is 10.00. The molecule has 22 heavy (non-hydrogen) atoms. The van der Waals surface area contributed by atoms with Crippen LogP contribution >= 0.6 is 0 Å². The van der Waals surface area contributed by atoms with Crippen LogP contribution in [0.15, 0.2) is 48.5 Å². The number of phenolic OH excluding ortho intramolecular Hbond substituents is 2. The van der Waals surface area contributed by atoms with E-state index in [1.165, 1.54) is 11.1 Å². The molecule has 1 aliphatic rings. The molecule has 2 aromatic rings. The average Bonchev–Trinajstić information content (AvgIpc) is 2.54. The van der Waals surface area contributed by atoms with Crippen molar-refractivity contribution >= 4 is 0 Å². The van der Waals surface area contributed by atoms with Crippen LogP contribution in [0, 0.1) is 0 Å². The second-order valence-electron chi connectivity index (χ2n) is 5.95. The van der Waals surface area contributed by atoms with Crippen molar-refractivity contribution in [3.8, 4) is 11.5 Å². The molecule has 0 amide bonds. The van der Waals surface area contributed by atoms with Crippen LogP contribution in [0.4, 0.5) is 0 Å². The lowest BCUT2D eigenvalue weighted by Crippen LogP contribution is -2.55. The van der Waals surface area contributed by atoms with Crippen LogP contribution in [0.2, 0.25) is 0 Å². The van der Waals surface area contributed by atoms with Crippen molar-refractivity contribution in [1.82, 2.24) is 10.6 Å². The van der Waals surface area contributed by atoms with Crippen LogP contribution in [0.1, 0.15) is 11.1 Å². The van der Waals surface area contributed by atoms with E-state index < -0.39 is 0 Å². The standard InChI is InChI=1S/C18H22N2O2/c21-17-5-1-13(2-6-17)9-15-11-20-16(12-19-15)10-14-3-7-18(22)8-4-14/h1-8,15-16,19-22H,9-12H2/t15-,16+. The first kappa shape index (κ1) is 14.9. The summed E-state index contributed by atoms with van der Waals surface area (Å²) in [6.07, 6.45) is 1.92. The summed E-state index contributed by atoms with van der Waals surface area (Å²) in [7, 11) is 0. The minimum absolute atomic E-state index is 0.312. The molecular formula is C18H22N2O2. The Morgan fingerprint density at radius 2 is 1.05 bits per heavy atom. The predicted molar refractivity (Wildman–Crippen MR) is 87.2 cm³/mol. The minimum atomic E-state index is 0.312. The molecule has 0 bridgehead atoms. The molecule has 2 atom stereocenters. The van der Waals surface area contributed by atoms with Crippen molar-refractivity contribution in [2.45, 2.75) is 24.9 Å². The van der Waals surface area contributed by atoms with Crippen molar-refractivity contribution in [2.75, 3.05) is 13.1 Å². The van der Waals surface area contributed by atoms with Gasteiger partial charge in [0.05, 0.1) is 0 Å². The normalized spacial score (nSPS) is 21.6. The van der Waals surface area contributed by atoms with E-state index in [4.69, 9.17) is 0 Å². The number of hydrogen-bond donors (Lipinski definition) is 4. The van der Waals surface area contributed by atoms with Crippen LogP contribution in [-0.4, -0.2) is 35.4 Å². The third-order valence-corrected chi connectivity index (χ3v) is 4.14. The van der Waals surface area contributed by atoms with Gasteiger partial charge in [-0.25, -0.2) is 0 Å². The van der Waals surface area contributed by atoms with Gasteiger partial charge in [0.1, 0.15) is 11.5 Å². The number of aromatic hydroxyl groups is 2. The lowest BCUT2D eigenvalue weighted by molar-refractivity contribution is 0.342. The number of phenols is 2. The zero-order valence-electron chi connectivity index (χ0n) is 12.5. The van der Waals surface area contributed by atoms with E-state index in [1.807, 2.05) is 24.3 Å². The van der Waals surface area contributed by atoms with Crippen molar-refractivity contribution < 1.29 is 10.2 Å². The van der Waals surface area contributed by atoms with Gasteiger partial charge in [0.15, 0.2) is 0 Å². The van der Waals surface area contributed by atoms with E-state index in [0.29, 0.717) is 23.6 Å². The van der Waals surface area contributed by atoms with Crippen LogP contribution < -0.4 is 10.6 Å². The van der Waals surface area contributed by atoms with Crippen LogP contribution in [0.3, 0.4) is 0 Å². The van der Waals surface area contributed by atoms with Gasteiger partial charge in [0.25, 0.3) is 0 Å². The molecule has 116 valence electrons. The molecule has 0 saturated carbocycles. The largest absolute Gasteiger partial charge is 0.508 e. The summed E-state index contributed by atoms with van der Waals surface area (Å²) in [4.78, 5) is 0. The minimum Gasteiger partial charge on any atom is -0.508 e. The number of hydrogen-bond acceptors (Lipinski definition) is 4. The molecule has 0 spiro atoms. The van der Waals surface area contributed by atoms with Gasteiger partial charge >= 0.3 is 0 Å². The first-order chi connectivity index (χ1) is 10.7. The zero-order valence-corrected chi connectivity index (χ0v) is 12.5. The van der Waals surface area contributed by atoms with E-state index in [9.17, 15) is 10.2 Å². The second-order valence-corrected chi connectivity index (χ2v) is 5.95. The van der Waals surface area contributed by atoms with E-state index >= 15 is 0 Å². The van der Waals surface area contributed by atoms with E-state index in [2.05, 4.69) is 10.6 Å². The smallest absolute Gasteiger partial charge is 0.115 e. The van der Waals surface area contributed by atoms with Crippen molar-refractivity contribution in [2.24, 2.45) is 0 Å². The first-order valence-corrected chi connectivity index (χ1v) is 7.71. The van der Waals surface area contributed by atoms with Gasteiger partial charge in [-0.2, -0.15) is 0 Å². The SMILES string of the molecule is Oc1ccc(C[C@H]2CN[C@H](Cc3ccc(O)cc3)CN2)cc1. The van der Waals surface area contributed by atoms with Gasteiger partial charge in [-0.3, -0.25) is 0 Å². The maximum Gasteiger partial charge on any atom is 0.115 e. The summed E-state index contributed by atoms with van der Waals surface area (Å²) < 4.78 is 0. The number of benzene rings is 2. The molecule has 0 unspecified atom stereocenters. The Labute approximate surface area is 130 Å². The van der Waals surface area contributed by atoms with Crippen molar-refractivity contribution in [3.05, 3.63) is 59.7 Å². The molecule has 1 fully saturated rings.